The Hall–Kier alpha value is 0.270. The monoisotopic (exact) mass is 245 g/mol. The second kappa shape index (κ2) is 9.32. The highest BCUT2D eigenvalue weighted by Gasteiger charge is 2.22. The maximum absolute atomic E-state index is 8.66. The summed E-state index contributed by atoms with van der Waals surface area (Å²) in [4.78, 5) is 0. The minimum Gasteiger partial charge on any atom is -0.396 e. The normalized spacial score (nSPS) is 25.9. The Labute approximate surface area is 105 Å². The van der Waals surface area contributed by atoms with Crippen molar-refractivity contribution in [2.75, 3.05) is 24.7 Å². The molecule has 96 valence electrons. The number of hydrogen-bond acceptors (Lipinski definition) is 3. The second-order valence-electron chi connectivity index (χ2n) is 4.70. The first kappa shape index (κ1) is 14.3. The highest BCUT2D eigenvalue weighted by molar-refractivity contribution is 7.99. The third-order valence-corrected chi connectivity index (χ3v) is 4.60. The average Bonchev–Trinajstić information content (AvgIpc) is 2.34. The minimum atomic E-state index is 0.334. The third-order valence-electron chi connectivity index (χ3n) is 3.53. The number of thioether (sulfide) groups is 1. The van der Waals surface area contributed by atoms with Gasteiger partial charge in [-0.2, -0.15) is 11.8 Å². The Morgan fingerprint density at radius 1 is 1.25 bits per heavy atom. The van der Waals surface area contributed by atoms with Gasteiger partial charge < -0.3 is 10.4 Å². The highest BCUT2D eigenvalue weighted by atomic mass is 32.2. The van der Waals surface area contributed by atoms with Crippen molar-refractivity contribution in [1.82, 2.24) is 5.32 Å². The number of aliphatic hydroxyl groups excluding tert-OH is 1. The Morgan fingerprint density at radius 3 is 2.81 bits per heavy atom. The van der Waals surface area contributed by atoms with Gasteiger partial charge in [0.05, 0.1) is 0 Å². The van der Waals surface area contributed by atoms with E-state index in [0.717, 1.165) is 30.7 Å². The molecule has 1 aliphatic rings. The van der Waals surface area contributed by atoms with Crippen LogP contribution >= 0.6 is 11.8 Å². The van der Waals surface area contributed by atoms with Gasteiger partial charge in [-0.3, -0.25) is 0 Å². The average molecular weight is 245 g/mol. The van der Waals surface area contributed by atoms with Crippen LogP contribution in [0.4, 0.5) is 0 Å². The second-order valence-corrected chi connectivity index (χ2v) is 5.93. The van der Waals surface area contributed by atoms with Gasteiger partial charge in [0.1, 0.15) is 0 Å². The van der Waals surface area contributed by atoms with Crippen LogP contribution in [0.1, 0.15) is 45.4 Å². The molecule has 0 spiro atoms. The summed E-state index contributed by atoms with van der Waals surface area (Å²) < 4.78 is 0. The van der Waals surface area contributed by atoms with Crippen molar-refractivity contribution < 1.29 is 5.11 Å². The molecule has 0 aromatic carbocycles. The van der Waals surface area contributed by atoms with Crippen molar-refractivity contribution in [2.45, 2.75) is 51.5 Å². The van der Waals surface area contributed by atoms with Crippen LogP contribution in [0.15, 0.2) is 0 Å². The molecule has 1 rings (SSSR count). The quantitative estimate of drug-likeness (QED) is 0.645. The third kappa shape index (κ3) is 5.55. The van der Waals surface area contributed by atoms with Gasteiger partial charge in [-0.1, -0.05) is 26.2 Å². The number of rotatable bonds is 8. The van der Waals surface area contributed by atoms with Crippen molar-refractivity contribution in [3.05, 3.63) is 0 Å². The van der Waals surface area contributed by atoms with Crippen LogP contribution in [0.2, 0.25) is 0 Å². The van der Waals surface area contributed by atoms with Crippen LogP contribution in [-0.4, -0.2) is 35.8 Å². The molecule has 16 heavy (non-hydrogen) atoms. The van der Waals surface area contributed by atoms with Gasteiger partial charge in [-0.15, -0.1) is 0 Å². The molecule has 0 amide bonds. The lowest BCUT2D eigenvalue weighted by molar-refractivity contribution is 0.259. The summed E-state index contributed by atoms with van der Waals surface area (Å²) in [5.41, 5.74) is 0. The smallest absolute Gasteiger partial charge is 0.0438 e. The molecule has 1 fully saturated rings. The van der Waals surface area contributed by atoms with E-state index in [1.807, 2.05) is 11.8 Å². The summed E-state index contributed by atoms with van der Waals surface area (Å²) in [5.74, 6) is 3.20. The topological polar surface area (TPSA) is 32.3 Å². The lowest BCUT2D eigenvalue weighted by Gasteiger charge is -2.31. The van der Waals surface area contributed by atoms with Gasteiger partial charge >= 0.3 is 0 Å². The summed E-state index contributed by atoms with van der Waals surface area (Å²) >= 11 is 1.95. The molecule has 2 unspecified atom stereocenters. The van der Waals surface area contributed by atoms with Gasteiger partial charge in [-0.25, -0.2) is 0 Å². The maximum atomic E-state index is 8.66. The van der Waals surface area contributed by atoms with Crippen LogP contribution < -0.4 is 5.32 Å². The van der Waals surface area contributed by atoms with Crippen LogP contribution in [0.5, 0.6) is 0 Å². The summed E-state index contributed by atoms with van der Waals surface area (Å²) in [6.07, 6.45) is 7.90. The van der Waals surface area contributed by atoms with E-state index in [0.29, 0.717) is 6.61 Å². The van der Waals surface area contributed by atoms with Crippen molar-refractivity contribution in [3.8, 4) is 0 Å². The molecule has 0 heterocycles. The summed E-state index contributed by atoms with van der Waals surface area (Å²) in [5, 5.41) is 12.4. The molecular weight excluding hydrogens is 218 g/mol. The lowest BCUT2D eigenvalue weighted by atomic mass is 9.83. The minimum absolute atomic E-state index is 0.334. The predicted molar refractivity (Wildman–Crippen MR) is 73.1 cm³/mol. The molecule has 1 saturated carbocycles. The molecule has 1 aliphatic carbocycles. The zero-order valence-corrected chi connectivity index (χ0v) is 11.4. The summed E-state index contributed by atoms with van der Waals surface area (Å²) in [6, 6.07) is 0.775. The molecule has 2 nitrogen and oxygen atoms in total. The fourth-order valence-electron chi connectivity index (χ4n) is 2.55. The zero-order chi connectivity index (χ0) is 11.6. The first-order valence-electron chi connectivity index (χ1n) is 6.80. The molecule has 0 saturated heterocycles. The molecule has 0 aromatic heterocycles. The first-order valence-corrected chi connectivity index (χ1v) is 7.96. The van der Waals surface area contributed by atoms with Crippen LogP contribution in [0, 0.1) is 5.92 Å². The van der Waals surface area contributed by atoms with E-state index < -0.39 is 0 Å². The van der Waals surface area contributed by atoms with Gasteiger partial charge in [0.15, 0.2) is 0 Å². The molecule has 2 N–H and O–H groups in total. The Bertz CT molecular complexity index is 166. The van der Waals surface area contributed by atoms with Crippen LogP contribution in [-0.2, 0) is 0 Å². The van der Waals surface area contributed by atoms with E-state index in [2.05, 4.69) is 12.2 Å². The van der Waals surface area contributed by atoms with Crippen LogP contribution in [0.25, 0.3) is 0 Å². The van der Waals surface area contributed by atoms with E-state index in [1.165, 1.54) is 37.9 Å². The van der Waals surface area contributed by atoms with E-state index in [-0.39, 0.29) is 0 Å². The SMILES string of the molecule is CCC1CCCCC1NCCSCCCO. The number of aliphatic hydroxyl groups is 1. The van der Waals surface area contributed by atoms with Gasteiger partial charge in [0, 0.05) is 24.9 Å². The van der Waals surface area contributed by atoms with Crippen molar-refractivity contribution in [1.29, 1.82) is 0 Å². The molecule has 0 aliphatic heterocycles. The van der Waals surface area contributed by atoms with Crippen molar-refractivity contribution in [3.63, 3.8) is 0 Å². The van der Waals surface area contributed by atoms with Crippen molar-refractivity contribution in [2.24, 2.45) is 5.92 Å². The Balaban J connectivity index is 2.02. The molecule has 2 atom stereocenters. The summed E-state index contributed by atoms with van der Waals surface area (Å²) in [6.45, 7) is 3.79. The number of nitrogens with one attached hydrogen (secondary N) is 1. The molecule has 0 aromatic rings. The van der Waals surface area contributed by atoms with Crippen molar-refractivity contribution >= 4 is 11.8 Å². The fraction of sp³-hybridized carbons (Fsp3) is 1.00. The first-order chi connectivity index (χ1) is 7.88. The summed E-state index contributed by atoms with van der Waals surface area (Å²) in [7, 11) is 0. The Kier molecular flexibility index (Phi) is 8.34. The number of hydrogen-bond donors (Lipinski definition) is 2. The fourth-order valence-corrected chi connectivity index (χ4v) is 3.35. The van der Waals surface area contributed by atoms with E-state index in [4.69, 9.17) is 5.11 Å². The van der Waals surface area contributed by atoms with Gasteiger partial charge in [0.2, 0.25) is 0 Å². The lowest BCUT2D eigenvalue weighted by Crippen LogP contribution is -2.39. The molecular formula is C13H27NOS. The van der Waals surface area contributed by atoms with E-state index in [1.54, 1.807) is 0 Å². The van der Waals surface area contributed by atoms with E-state index >= 15 is 0 Å². The van der Waals surface area contributed by atoms with Crippen LogP contribution in [0.3, 0.4) is 0 Å². The van der Waals surface area contributed by atoms with Gasteiger partial charge in [0.25, 0.3) is 0 Å². The predicted octanol–water partition coefficient (Wildman–Crippen LogP) is 2.66. The molecule has 0 radical (unpaired) electrons. The maximum Gasteiger partial charge on any atom is 0.0438 e. The van der Waals surface area contributed by atoms with E-state index in [9.17, 15) is 0 Å². The largest absolute Gasteiger partial charge is 0.396 e. The Morgan fingerprint density at radius 2 is 2.06 bits per heavy atom. The van der Waals surface area contributed by atoms with Gasteiger partial charge in [-0.05, 0) is 30.9 Å². The zero-order valence-electron chi connectivity index (χ0n) is 10.6. The molecule has 3 heteroatoms. The standard InChI is InChI=1S/C13H27NOS/c1-2-12-6-3-4-7-13(12)14-8-11-16-10-5-9-15/h12-15H,2-11H2,1H3. The molecule has 0 bridgehead atoms. The highest BCUT2D eigenvalue weighted by Crippen LogP contribution is 2.26.